The van der Waals surface area contributed by atoms with E-state index in [4.69, 9.17) is 5.11 Å². The van der Waals surface area contributed by atoms with Crippen molar-refractivity contribution < 1.29 is 23.4 Å². The molecule has 0 aromatic heterocycles. The summed E-state index contributed by atoms with van der Waals surface area (Å²) in [4.78, 5) is 13.0. The van der Waals surface area contributed by atoms with Crippen LogP contribution in [0.2, 0.25) is 0 Å². The molecule has 1 rings (SSSR count). The lowest BCUT2D eigenvalue weighted by molar-refractivity contribution is -0.0498. The van der Waals surface area contributed by atoms with Gasteiger partial charge in [-0.05, 0) is 24.6 Å². The van der Waals surface area contributed by atoms with Crippen LogP contribution < -0.4 is 10.1 Å². The number of rotatable bonds is 6. The summed E-state index contributed by atoms with van der Waals surface area (Å²) in [7, 11) is 1.57. The third-order valence-corrected chi connectivity index (χ3v) is 2.48. The van der Waals surface area contributed by atoms with E-state index in [1.54, 1.807) is 26.1 Å². The van der Waals surface area contributed by atoms with Gasteiger partial charge in [-0.3, -0.25) is 0 Å². The molecule has 0 spiro atoms. The molecule has 1 atom stereocenters. The van der Waals surface area contributed by atoms with Gasteiger partial charge >= 0.3 is 12.6 Å². The van der Waals surface area contributed by atoms with Crippen molar-refractivity contribution in [2.75, 3.05) is 13.6 Å². The summed E-state index contributed by atoms with van der Waals surface area (Å²) in [5.74, 6) is 0.0706. The van der Waals surface area contributed by atoms with Crippen LogP contribution in [-0.4, -0.2) is 42.3 Å². The van der Waals surface area contributed by atoms with Crippen LogP contribution in [-0.2, 0) is 6.54 Å². The molecule has 0 saturated heterocycles. The standard InChI is InChI=1S/C13H18F2N2O3/c1-9(18)8-17(2)13(19)16-7-10-3-5-11(6-4-10)20-12(14)15/h3-6,9,12,18H,7-8H2,1-2H3,(H,16,19). The molecule has 2 N–H and O–H groups in total. The summed E-state index contributed by atoms with van der Waals surface area (Å²) < 4.78 is 28.1. The van der Waals surface area contributed by atoms with Gasteiger partial charge in [-0.15, -0.1) is 0 Å². The Morgan fingerprint density at radius 1 is 1.40 bits per heavy atom. The number of aliphatic hydroxyl groups is 1. The average molecular weight is 288 g/mol. The average Bonchev–Trinajstić information content (AvgIpc) is 2.36. The second kappa shape index (κ2) is 7.64. The van der Waals surface area contributed by atoms with Crippen molar-refractivity contribution in [1.29, 1.82) is 0 Å². The number of nitrogens with zero attached hydrogens (tertiary/aromatic N) is 1. The number of carbonyl (C=O) groups excluding carboxylic acids is 1. The van der Waals surface area contributed by atoms with Gasteiger partial charge in [0.1, 0.15) is 5.75 Å². The number of aliphatic hydroxyl groups excluding tert-OH is 1. The molecule has 20 heavy (non-hydrogen) atoms. The molecular formula is C13H18F2N2O3. The van der Waals surface area contributed by atoms with Gasteiger partial charge in [0, 0.05) is 20.1 Å². The van der Waals surface area contributed by atoms with E-state index in [0.717, 1.165) is 5.56 Å². The molecule has 0 radical (unpaired) electrons. The molecule has 1 unspecified atom stereocenters. The van der Waals surface area contributed by atoms with Crippen LogP contribution in [0.25, 0.3) is 0 Å². The first kappa shape index (κ1) is 16.2. The number of hydrogen-bond donors (Lipinski definition) is 2. The van der Waals surface area contributed by atoms with E-state index in [1.807, 2.05) is 0 Å². The lowest BCUT2D eigenvalue weighted by atomic mass is 10.2. The van der Waals surface area contributed by atoms with Crippen molar-refractivity contribution in [3.8, 4) is 5.75 Å². The second-order valence-corrected chi connectivity index (χ2v) is 4.41. The minimum Gasteiger partial charge on any atom is -0.435 e. The summed E-state index contributed by atoms with van der Waals surface area (Å²) >= 11 is 0. The maximum Gasteiger partial charge on any atom is 0.387 e. The highest BCUT2D eigenvalue weighted by molar-refractivity contribution is 5.73. The number of nitrogens with one attached hydrogen (secondary N) is 1. The Bertz CT molecular complexity index is 424. The third-order valence-electron chi connectivity index (χ3n) is 2.48. The van der Waals surface area contributed by atoms with Gasteiger partial charge in [0.25, 0.3) is 0 Å². The fraction of sp³-hybridized carbons (Fsp3) is 0.462. The Hall–Kier alpha value is -1.89. The van der Waals surface area contributed by atoms with Crippen LogP contribution >= 0.6 is 0 Å². The first-order chi connectivity index (χ1) is 9.38. The first-order valence-electron chi connectivity index (χ1n) is 6.09. The molecule has 0 aliphatic rings. The predicted molar refractivity (Wildman–Crippen MR) is 69.6 cm³/mol. The monoisotopic (exact) mass is 288 g/mol. The number of carbonyl (C=O) groups is 1. The van der Waals surface area contributed by atoms with Gasteiger partial charge in [-0.2, -0.15) is 8.78 Å². The van der Waals surface area contributed by atoms with Crippen molar-refractivity contribution in [3.05, 3.63) is 29.8 Å². The summed E-state index contributed by atoms with van der Waals surface area (Å²) in [6.45, 7) is -0.772. The van der Waals surface area contributed by atoms with E-state index in [9.17, 15) is 13.6 Å². The number of hydrogen-bond acceptors (Lipinski definition) is 3. The van der Waals surface area contributed by atoms with Crippen LogP contribution in [0.15, 0.2) is 24.3 Å². The SMILES string of the molecule is CC(O)CN(C)C(=O)NCc1ccc(OC(F)F)cc1. The van der Waals surface area contributed by atoms with E-state index >= 15 is 0 Å². The molecule has 0 fully saturated rings. The Morgan fingerprint density at radius 2 is 2.00 bits per heavy atom. The number of halogens is 2. The van der Waals surface area contributed by atoms with Crippen LogP contribution in [0, 0.1) is 0 Å². The normalized spacial score (nSPS) is 12.1. The van der Waals surface area contributed by atoms with Crippen molar-refractivity contribution in [3.63, 3.8) is 0 Å². The number of likely N-dealkylation sites (N-methyl/N-ethyl adjacent to an activating group) is 1. The van der Waals surface area contributed by atoms with E-state index in [-0.39, 0.29) is 24.9 Å². The lowest BCUT2D eigenvalue weighted by Gasteiger charge is -2.19. The summed E-state index contributed by atoms with van der Waals surface area (Å²) in [5, 5.41) is 11.8. The van der Waals surface area contributed by atoms with Crippen molar-refractivity contribution in [2.45, 2.75) is 26.2 Å². The molecular weight excluding hydrogens is 270 g/mol. The van der Waals surface area contributed by atoms with Gasteiger partial charge in [-0.1, -0.05) is 12.1 Å². The third kappa shape index (κ3) is 5.83. The highest BCUT2D eigenvalue weighted by Crippen LogP contribution is 2.14. The van der Waals surface area contributed by atoms with Crippen LogP contribution in [0.4, 0.5) is 13.6 Å². The van der Waals surface area contributed by atoms with Gasteiger partial charge < -0.3 is 20.1 Å². The van der Waals surface area contributed by atoms with Crippen LogP contribution in [0.3, 0.4) is 0 Å². The summed E-state index contributed by atoms with van der Waals surface area (Å²) in [6, 6.07) is 5.68. The fourth-order valence-electron chi connectivity index (χ4n) is 1.58. The summed E-state index contributed by atoms with van der Waals surface area (Å²) in [5.41, 5.74) is 0.755. The molecule has 0 aliphatic carbocycles. The topological polar surface area (TPSA) is 61.8 Å². The molecule has 0 saturated carbocycles. The molecule has 112 valence electrons. The smallest absolute Gasteiger partial charge is 0.387 e. The molecule has 0 aliphatic heterocycles. The van der Waals surface area contributed by atoms with Gasteiger partial charge in [-0.25, -0.2) is 4.79 Å². The number of amides is 2. The van der Waals surface area contributed by atoms with Crippen LogP contribution in [0.1, 0.15) is 12.5 Å². The quantitative estimate of drug-likeness (QED) is 0.839. The molecule has 2 amide bonds. The zero-order valence-electron chi connectivity index (χ0n) is 11.3. The first-order valence-corrected chi connectivity index (χ1v) is 6.09. The lowest BCUT2D eigenvalue weighted by Crippen LogP contribution is -2.40. The molecule has 1 aromatic carbocycles. The predicted octanol–water partition coefficient (Wildman–Crippen LogP) is 1.81. The molecule has 1 aromatic rings. The largest absolute Gasteiger partial charge is 0.435 e. The van der Waals surface area contributed by atoms with Crippen molar-refractivity contribution >= 4 is 6.03 Å². The van der Waals surface area contributed by atoms with Gasteiger partial charge in [0.2, 0.25) is 0 Å². The highest BCUT2D eigenvalue weighted by atomic mass is 19.3. The number of alkyl halides is 2. The Morgan fingerprint density at radius 3 is 2.50 bits per heavy atom. The van der Waals surface area contributed by atoms with Gasteiger partial charge in [0.05, 0.1) is 6.10 Å². The van der Waals surface area contributed by atoms with E-state index in [0.29, 0.717) is 0 Å². The minimum absolute atomic E-state index is 0.0706. The maximum absolute atomic E-state index is 12.0. The molecule has 0 bridgehead atoms. The molecule has 7 heteroatoms. The molecule has 0 heterocycles. The Labute approximate surface area is 116 Å². The fourth-order valence-corrected chi connectivity index (χ4v) is 1.58. The van der Waals surface area contributed by atoms with Crippen LogP contribution in [0.5, 0.6) is 5.75 Å². The Balaban J connectivity index is 2.43. The molecule has 5 nitrogen and oxygen atoms in total. The number of benzene rings is 1. The van der Waals surface area contributed by atoms with Crippen molar-refractivity contribution in [1.82, 2.24) is 10.2 Å². The Kier molecular flexibility index (Phi) is 6.17. The minimum atomic E-state index is -2.85. The second-order valence-electron chi connectivity index (χ2n) is 4.41. The number of ether oxygens (including phenoxy) is 1. The number of urea groups is 1. The zero-order chi connectivity index (χ0) is 15.1. The zero-order valence-corrected chi connectivity index (χ0v) is 11.3. The van der Waals surface area contributed by atoms with E-state index in [1.165, 1.54) is 17.0 Å². The van der Waals surface area contributed by atoms with Crippen molar-refractivity contribution in [2.24, 2.45) is 0 Å². The van der Waals surface area contributed by atoms with E-state index in [2.05, 4.69) is 10.1 Å². The highest BCUT2D eigenvalue weighted by Gasteiger charge is 2.10. The maximum atomic E-state index is 12.0. The van der Waals surface area contributed by atoms with Gasteiger partial charge in [0.15, 0.2) is 0 Å². The van der Waals surface area contributed by atoms with E-state index < -0.39 is 12.7 Å². The summed E-state index contributed by atoms with van der Waals surface area (Å²) in [6.07, 6.45) is -0.600.